The molecule has 6 nitrogen and oxygen atoms in total. The highest BCUT2D eigenvalue weighted by Crippen LogP contribution is 2.37. The van der Waals surface area contributed by atoms with E-state index in [9.17, 15) is 9.59 Å². The lowest BCUT2D eigenvalue weighted by Gasteiger charge is -2.24. The van der Waals surface area contributed by atoms with Gasteiger partial charge in [-0.25, -0.2) is 0 Å². The molecule has 0 atom stereocenters. The van der Waals surface area contributed by atoms with Gasteiger partial charge >= 0.3 is 0 Å². The fourth-order valence-electron chi connectivity index (χ4n) is 3.54. The first-order chi connectivity index (χ1) is 14.2. The van der Waals surface area contributed by atoms with E-state index in [0.717, 1.165) is 16.9 Å². The normalized spacial score (nSPS) is 12.4. The van der Waals surface area contributed by atoms with E-state index in [1.165, 1.54) is 0 Å². The lowest BCUT2D eigenvalue weighted by atomic mass is 10.1. The van der Waals surface area contributed by atoms with E-state index in [4.69, 9.17) is 0 Å². The predicted molar refractivity (Wildman–Crippen MR) is 114 cm³/mol. The highest BCUT2D eigenvalue weighted by molar-refractivity contribution is 6.13. The van der Waals surface area contributed by atoms with Gasteiger partial charge in [-0.2, -0.15) is 0 Å². The summed E-state index contributed by atoms with van der Waals surface area (Å²) in [6, 6.07) is 16.8. The summed E-state index contributed by atoms with van der Waals surface area (Å²) in [5.41, 5.74) is 4.56. The van der Waals surface area contributed by atoms with E-state index in [-0.39, 0.29) is 11.8 Å². The number of carbonyl (C=O) groups excluding carboxylic acids is 2. The number of rotatable bonds is 5. The van der Waals surface area contributed by atoms with Crippen molar-refractivity contribution in [2.45, 2.75) is 13.3 Å². The van der Waals surface area contributed by atoms with Crippen LogP contribution in [0.15, 0.2) is 67.0 Å². The third kappa shape index (κ3) is 3.82. The molecule has 0 spiro atoms. The van der Waals surface area contributed by atoms with Crippen molar-refractivity contribution < 1.29 is 9.59 Å². The maximum Gasteiger partial charge on any atom is 0.257 e. The Morgan fingerprint density at radius 3 is 2.76 bits per heavy atom. The summed E-state index contributed by atoms with van der Waals surface area (Å²) in [4.78, 5) is 31.5. The van der Waals surface area contributed by atoms with Crippen LogP contribution in [0.2, 0.25) is 0 Å². The van der Waals surface area contributed by atoms with Crippen LogP contribution in [0.5, 0.6) is 0 Å². The Morgan fingerprint density at radius 1 is 1.10 bits per heavy atom. The van der Waals surface area contributed by atoms with Crippen LogP contribution >= 0.6 is 0 Å². The van der Waals surface area contributed by atoms with Crippen LogP contribution in [-0.4, -0.2) is 29.9 Å². The van der Waals surface area contributed by atoms with Crippen molar-refractivity contribution in [1.82, 2.24) is 10.3 Å². The van der Waals surface area contributed by atoms with Gasteiger partial charge in [0.1, 0.15) is 0 Å². The summed E-state index contributed by atoms with van der Waals surface area (Å²) in [6.45, 7) is 3.26. The molecule has 4 rings (SSSR count). The molecule has 0 radical (unpaired) electrons. The minimum atomic E-state index is -0.174. The van der Waals surface area contributed by atoms with Crippen molar-refractivity contribution in [3.63, 3.8) is 0 Å². The number of aromatic nitrogens is 1. The molecule has 2 N–H and O–H groups in total. The van der Waals surface area contributed by atoms with E-state index in [2.05, 4.69) is 20.5 Å². The number of carbonyl (C=O) groups is 2. The fraction of sp³-hybridized carbons (Fsp3) is 0.174. The summed E-state index contributed by atoms with van der Waals surface area (Å²) in [5, 5.41) is 5.88. The van der Waals surface area contributed by atoms with Crippen LogP contribution in [-0.2, 0) is 6.42 Å². The lowest BCUT2D eigenvalue weighted by molar-refractivity contribution is 0.0952. The molecule has 0 aliphatic carbocycles. The van der Waals surface area contributed by atoms with Gasteiger partial charge in [0, 0.05) is 31.0 Å². The number of fused-ring (bicyclic) bond motifs is 2. The largest absolute Gasteiger partial charge is 0.352 e. The van der Waals surface area contributed by atoms with Crippen molar-refractivity contribution in [3.8, 4) is 0 Å². The second-order valence-corrected chi connectivity index (χ2v) is 6.81. The first-order valence-electron chi connectivity index (χ1n) is 9.66. The van der Waals surface area contributed by atoms with Crippen LogP contribution in [0.25, 0.3) is 0 Å². The van der Waals surface area contributed by atoms with Crippen LogP contribution in [0.3, 0.4) is 0 Å². The molecule has 2 aromatic carbocycles. The Balaban J connectivity index is 1.54. The standard InChI is InChI=1S/C23H22N4O2/c1-2-27-20-8-4-3-7-18(20)23(29)26-19-14-17(9-10-21(19)27)22(28)25-13-11-16-6-5-12-24-15-16/h3-10,12,14-15H,2,11,13H2,1H3,(H,25,28)(H,26,29). The molecule has 2 heterocycles. The SMILES string of the molecule is CCN1c2ccc(C(=O)NCCc3cccnc3)cc2NC(=O)c2ccccc21. The van der Waals surface area contributed by atoms with Gasteiger partial charge in [0.2, 0.25) is 0 Å². The smallest absolute Gasteiger partial charge is 0.257 e. The van der Waals surface area contributed by atoms with E-state index in [1.807, 2.05) is 49.4 Å². The average Bonchev–Trinajstić information content (AvgIpc) is 2.87. The Hall–Kier alpha value is -3.67. The molecule has 1 aliphatic rings. The van der Waals surface area contributed by atoms with Crippen molar-refractivity contribution in [2.24, 2.45) is 0 Å². The Bertz CT molecular complexity index is 1050. The van der Waals surface area contributed by atoms with E-state index in [0.29, 0.717) is 36.3 Å². The summed E-state index contributed by atoms with van der Waals surface area (Å²) < 4.78 is 0. The number of anilines is 3. The quantitative estimate of drug-likeness (QED) is 0.700. The van der Waals surface area contributed by atoms with Gasteiger partial charge in [-0.05, 0) is 55.3 Å². The van der Waals surface area contributed by atoms with Crippen LogP contribution in [0.1, 0.15) is 33.2 Å². The predicted octanol–water partition coefficient (Wildman–Crippen LogP) is 3.78. The molecular formula is C23H22N4O2. The highest BCUT2D eigenvalue weighted by Gasteiger charge is 2.24. The number of nitrogens with one attached hydrogen (secondary N) is 2. The van der Waals surface area contributed by atoms with Crippen molar-refractivity contribution in [2.75, 3.05) is 23.3 Å². The molecule has 0 bridgehead atoms. The van der Waals surface area contributed by atoms with Crippen molar-refractivity contribution in [3.05, 3.63) is 83.7 Å². The zero-order valence-corrected chi connectivity index (χ0v) is 16.2. The van der Waals surface area contributed by atoms with Crippen LogP contribution < -0.4 is 15.5 Å². The van der Waals surface area contributed by atoms with Crippen LogP contribution in [0.4, 0.5) is 17.1 Å². The first-order valence-corrected chi connectivity index (χ1v) is 9.66. The first kappa shape index (κ1) is 18.7. The molecule has 0 saturated heterocycles. The van der Waals surface area contributed by atoms with Crippen molar-refractivity contribution in [1.29, 1.82) is 0 Å². The number of hydrogen-bond donors (Lipinski definition) is 2. The zero-order chi connectivity index (χ0) is 20.2. The number of hydrogen-bond acceptors (Lipinski definition) is 4. The third-order valence-corrected chi connectivity index (χ3v) is 4.98. The van der Waals surface area contributed by atoms with E-state index >= 15 is 0 Å². The number of pyridine rings is 1. The molecule has 2 amide bonds. The Kier molecular flexibility index (Phi) is 5.24. The van der Waals surface area contributed by atoms with Gasteiger partial charge < -0.3 is 15.5 Å². The van der Waals surface area contributed by atoms with Gasteiger partial charge in [-0.3, -0.25) is 14.6 Å². The maximum absolute atomic E-state index is 12.7. The number of nitrogens with zero attached hydrogens (tertiary/aromatic N) is 2. The summed E-state index contributed by atoms with van der Waals surface area (Å²) >= 11 is 0. The summed E-state index contributed by atoms with van der Waals surface area (Å²) in [6.07, 6.45) is 4.23. The van der Waals surface area contributed by atoms with Gasteiger partial charge in [0.15, 0.2) is 0 Å². The highest BCUT2D eigenvalue weighted by atomic mass is 16.2. The number of para-hydroxylation sites is 1. The van der Waals surface area contributed by atoms with E-state index in [1.54, 1.807) is 24.5 Å². The molecule has 1 aliphatic heterocycles. The molecular weight excluding hydrogens is 364 g/mol. The molecule has 6 heteroatoms. The van der Waals surface area contributed by atoms with Crippen LogP contribution in [0, 0.1) is 0 Å². The van der Waals surface area contributed by atoms with Gasteiger partial charge in [-0.15, -0.1) is 0 Å². The van der Waals surface area contributed by atoms with Gasteiger partial charge in [0.25, 0.3) is 11.8 Å². The van der Waals surface area contributed by atoms with Gasteiger partial charge in [0.05, 0.1) is 22.6 Å². The molecule has 0 saturated carbocycles. The topological polar surface area (TPSA) is 74.3 Å². The Labute approximate surface area is 169 Å². The second-order valence-electron chi connectivity index (χ2n) is 6.81. The minimum absolute atomic E-state index is 0.171. The van der Waals surface area contributed by atoms with E-state index < -0.39 is 0 Å². The maximum atomic E-state index is 12.7. The molecule has 3 aromatic rings. The molecule has 0 fully saturated rings. The Morgan fingerprint density at radius 2 is 1.97 bits per heavy atom. The molecule has 29 heavy (non-hydrogen) atoms. The molecule has 1 aromatic heterocycles. The molecule has 0 unspecified atom stereocenters. The number of benzene rings is 2. The average molecular weight is 386 g/mol. The minimum Gasteiger partial charge on any atom is -0.352 e. The zero-order valence-electron chi connectivity index (χ0n) is 16.2. The lowest BCUT2D eigenvalue weighted by Crippen LogP contribution is -2.26. The summed E-state index contributed by atoms with van der Waals surface area (Å²) in [7, 11) is 0. The molecule has 146 valence electrons. The monoisotopic (exact) mass is 386 g/mol. The fourth-order valence-corrected chi connectivity index (χ4v) is 3.54. The second kappa shape index (κ2) is 8.14. The third-order valence-electron chi connectivity index (χ3n) is 4.98. The van der Waals surface area contributed by atoms with Crippen molar-refractivity contribution >= 4 is 28.9 Å². The van der Waals surface area contributed by atoms with Gasteiger partial charge in [-0.1, -0.05) is 18.2 Å². The summed E-state index contributed by atoms with van der Waals surface area (Å²) in [5.74, 6) is -0.345. The number of amides is 2.